The van der Waals surface area contributed by atoms with Gasteiger partial charge in [0.1, 0.15) is 5.54 Å². The van der Waals surface area contributed by atoms with Crippen LogP contribution in [0.4, 0.5) is 5.82 Å². The maximum absolute atomic E-state index is 12.7. The summed E-state index contributed by atoms with van der Waals surface area (Å²) in [6, 6.07) is 1.79. The summed E-state index contributed by atoms with van der Waals surface area (Å²) in [5, 5.41) is 9.68. The van der Waals surface area contributed by atoms with E-state index in [2.05, 4.69) is 15.5 Å². The van der Waals surface area contributed by atoms with Crippen LogP contribution in [0.15, 0.2) is 6.07 Å². The number of nitrogens with two attached hydrogens (primary N) is 1. The van der Waals surface area contributed by atoms with E-state index >= 15 is 0 Å². The van der Waals surface area contributed by atoms with Gasteiger partial charge in [-0.05, 0) is 19.8 Å². The van der Waals surface area contributed by atoms with Gasteiger partial charge >= 0.3 is 0 Å². The number of hydrogen-bond donors (Lipinski definition) is 3. The first kappa shape index (κ1) is 13.6. The van der Waals surface area contributed by atoms with Crippen LogP contribution in [0.3, 0.4) is 0 Å². The van der Waals surface area contributed by atoms with E-state index in [4.69, 9.17) is 10.5 Å². The van der Waals surface area contributed by atoms with E-state index in [1.807, 2.05) is 20.8 Å². The zero-order chi connectivity index (χ0) is 14.5. The summed E-state index contributed by atoms with van der Waals surface area (Å²) in [6.45, 7) is 6.67. The van der Waals surface area contributed by atoms with Crippen LogP contribution in [-0.4, -0.2) is 34.4 Å². The third-order valence-electron chi connectivity index (χ3n) is 5.01. The lowest BCUT2D eigenvalue weighted by atomic mass is 9.46. The van der Waals surface area contributed by atoms with Crippen molar-refractivity contribution in [1.82, 2.24) is 10.2 Å². The van der Waals surface area contributed by atoms with Gasteiger partial charge in [0.15, 0.2) is 5.82 Å². The number of fused-ring (bicyclic) bond motifs is 1. The van der Waals surface area contributed by atoms with Gasteiger partial charge in [0.2, 0.25) is 5.91 Å². The number of ether oxygens (including phenoxy) is 1. The third kappa shape index (κ3) is 1.64. The zero-order valence-corrected chi connectivity index (χ0v) is 12.2. The van der Waals surface area contributed by atoms with Crippen LogP contribution in [0.1, 0.15) is 32.4 Å². The molecule has 1 aromatic rings. The molecule has 0 bridgehead atoms. The Bertz CT molecular complexity index is 539. The summed E-state index contributed by atoms with van der Waals surface area (Å²) >= 11 is 0. The van der Waals surface area contributed by atoms with E-state index in [9.17, 15) is 4.79 Å². The lowest BCUT2D eigenvalue weighted by Crippen LogP contribution is -2.81. The molecule has 2 fully saturated rings. The number of aromatic amines is 1. The SMILES string of the molecule is Cc1cc(NC(=O)C2(N)C3CCCOC3C2(C)C)n[nH]1. The Morgan fingerprint density at radius 3 is 3.00 bits per heavy atom. The number of rotatable bonds is 2. The molecule has 1 aliphatic carbocycles. The van der Waals surface area contributed by atoms with E-state index in [-0.39, 0.29) is 23.3 Å². The van der Waals surface area contributed by atoms with Crippen LogP contribution in [0.2, 0.25) is 0 Å². The molecule has 6 heteroatoms. The van der Waals surface area contributed by atoms with Gasteiger partial charge in [0, 0.05) is 29.7 Å². The number of hydrogen-bond acceptors (Lipinski definition) is 4. The number of carbonyl (C=O) groups excluding carboxylic acids is 1. The van der Waals surface area contributed by atoms with Gasteiger partial charge in [-0.3, -0.25) is 9.89 Å². The van der Waals surface area contributed by atoms with Crippen LogP contribution in [0.5, 0.6) is 0 Å². The van der Waals surface area contributed by atoms with Gasteiger partial charge in [0.25, 0.3) is 0 Å². The number of carbonyl (C=O) groups is 1. The molecule has 4 N–H and O–H groups in total. The molecular weight excluding hydrogens is 256 g/mol. The molecule has 1 aliphatic heterocycles. The Morgan fingerprint density at radius 2 is 2.35 bits per heavy atom. The van der Waals surface area contributed by atoms with E-state index in [0.717, 1.165) is 25.1 Å². The molecule has 1 amide bonds. The molecule has 2 heterocycles. The lowest BCUT2D eigenvalue weighted by molar-refractivity contribution is -0.222. The average Bonchev–Trinajstić information content (AvgIpc) is 2.83. The molecule has 1 saturated heterocycles. The second-order valence-electron chi connectivity index (χ2n) is 6.52. The molecular formula is C14H22N4O2. The smallest absolute Gasteiger partial charge is 0.246 e. The summed E-state index contributed by atoms with van der Waals surface area (Å²) in [4.78, 5) is 12.7. The van der Waals surface area contributed by atoms with Crippen molar-refractivity contribution < 1.29 is 9.53 Å². The summed E-state index contributed by atoms with van der Waals surface area (Å²) in [7, 11) is 0. The minimum Gasteiger partial charge on any atom is -0.377 e. The highest BCUT2D eigenvalue weighted by atomic mass is 16.5. The largest absolute Gasteiger partial charge is 0.377 e. The molecule has 1 saturated carbocycles. The lowest BCUT2D eigenvalue weighted by Gasteiger charge is -2.65. The molecule has 6 nitrogen and oxygen atoms in total. The Kier molecular flexibility index (Phi) is 2.92. The van der Waals surface area contributed by atoms with Crippen molar-refractivity contribution in [2.45, 2.75) is 45.3 Å². The number of anilines is 1. The Labute approximate surface area is 118 Å². The topological polar surface area (TPSA) is 93.0 Å². The number of nitrogens with one attached hydrogen (secondary N) is 2. The third-order valence-corrected chi connectivity index (χ3v) is 5.01. The second-order valence-corrected chi connectivity index (χ2v) is 6.52. The molecule has 3 atom stereocenters. The minimum absolute atomic E-state index is 0.0768. The number of H-pyrrole nitrogens is 1. The summed E-state index contributed by atoms with van der Waals surface area (Å²) in [6.07, 6.45) is 1.98. The molecule has 0 spiro atoms. The highest BCUT2D eigenvalue weighted by molar-refractivity contribution is 5.99. The normalized spacial score (nSPS) is 35.0. The molecule has 2 aliphatic rings. The number of aromatic nitrogens is 2. The van der Waals surface area contributed by atoms with Crippen molar-refractivity contribution in [1.29, 1.82) is 0 Å². The summed E-state index contributed by atoms with van der Waals surface area (Å²) in [5.41, 5.74) is 6.14. The van der Waals surface area contributed by atoms with E-state index in [0.29, 0.717) is 5.82 Å². The highest BCUT2D eigenvalue weighted by Crippen LogP contribution is 2.57. The van der Waals surface area contributed by atoms with Crippen LogP contribution < -0.4 is 11.1 Å². The monoisotopic (exact) mass is 278 g/mol. The average molecular weight is 278 g/mol. The van der Waals surface area contributed by atoms with Gasteiger partial charge in [-0.15, -0.1) is 0 Å². The fraction of sp³-hybridized carbons (Fsp3) is 0.714. The Hall–Kier alpha value is -1.40. The molecule has 20 heavy (non-hydrogen) atoms. The van der Waals surface area contributed by atoms with Gasteiger partial charge in [-0.25, -0.2) is 0 Å². The van der Waals surface area contributed by atoms with E-state index < -0.39 is 5.54 Å². The van der Waals surface area contributed by atoms with E-state index in [1.165, 1.54) is 0 Å². The zero-order valence-electron chi connectivity index (χ0n) is 12.2. The number of nitrogens with zero attached hydrogens (tertiary/aromatic N) is 1. The van der Waals surface area contributed by atoms with Crippen molar-refractivity contribution in [3.8, 4) is 0 Å². The highest BCUT2D eigenvalue weighted by Gasteiger charge is 2.70. The first-order valence-corrected chi connectivity index (χ1v) is 7.11. The standard InChI is InChI=1S/C14H22N4O2/c1-8-7-10(18-17-8)16-12(19)14(15)9-5-4-6-20-11(9)13(14,2)3/h7,9,11H,4-6,15H2,1-3H3,(H2,16,17,18,19). The van der Waals surface area contributed by atoms with Crippen LogP contribution in [0.25, 0.3) is 0 Å². The van der Waals surface area contributed by atoms with Crippen molar-refractivity contribution in [3.05, 3.63) is 11.8 Å². The number of aryl methyl sites for hydroxylation is 1. The van der Waals surface area contributed by atoms with Crippen LogP contribution in [-0.2, 0) is 9.53 Å². The quantitative estimate of drug-likeness (QED) is 0.757. The van der Waals surface area contributed by atoms with Gasteiger partial charge in [0.05, 0.1) is 6.10 Å². The molecule has 0 aromatic carbocycles. The molecule has 3 rings (SSSR count). The fourth-order valence-electron chi connectivity index (χ4n) is 3.74. The van der Waals surface area contributed by atoms with Gasteiger partial charge < -0.3 is 15.8 Å². The Morgan fingerprint density at radius 1 is 1.60 bits per heavy atom. The molecule has 0 radical (unpaired) electrons. The maximum atomic E-state index is 12.7. The van der Waals surface area contributed by atoms with Gasteiger partial charge in [-0.1, -0.05) is 13.8 Å². The van der Waals surface area contributed by atoms with Crippen molar-refractivity contribution >= 4 is 11.7 Å². The molecule has 1 aromatic heterocycles. The first-order chi connectivity index (χ1) is 9.37. The van der Waals surface area contributed by atoms with Crippen molar-refractivity contribution in [2.24, 2.45) is 17.1 Å². The predicted molar refractivity (Wildman–Crippen MR) is 75.1 cm³/mol. The predicted octanol–water partition coefficient (Wildman–Crippen LogP) is 1.19. The van der Waals surface area contributed by atoms with Crippen LogP contribution >= 0.6 is 0 Å². The number of amides is 1. The Balaban J connectivity index is 1.82. The molecule has 110 valence electrons. The van der Waals surface area contributed by atoms with E-state index in [1.54, 1.807) is 6.07 Å². The maximum Gasteiger partial charge on any atom is 0.246 e. The first-order valence-electron chi connectivity index (χ1n) is 7.11. The van der Waals surface area contributed by atoms with Crippen molar-refractivity contribution in [3.63, 3.8) is 0 Å². The van der Waals surface area contributed by atoms with Gasteiger partial charge in [-0.2, -0.15) is 5.10 Å². The summed E-state index contributed by atoms with van der Waals surface area (Å²) in [5.74, 6) is 0.445. The summed E-state index contributed by atoms with van der Waals surface area (Å²) < 4.78 is 5.81. The second kappa shape index (κ2) is 4.30. The van der Waals surface area contributed by atoms with Crippen LogP contribution in [0, 0.1) is 18.3 Å². The van der Waals surface area contributed by atoms with Crippen molar-refractivity contribution in [2.75, 3.05) is 11.9 Å². The minimum atomic E-state index is -0.898. The fourth-order valence-corrected chi connectivity index (χ4v) is 3.74. The molecule has 3 unspecified atom stereocenters.